The van der Waals surface area contributed by atoms with Gasteiger partial charge in [0.15, 0.2) is 6.29 Å². The average molecular weight is 1040 g/mol. The molecule has 3 N–H and O–H groups in total. The summed E-state index contributed by atoms with van der Waals surface area (Å²) in [7, 11) is 0. The Balaban J connectivity index is 0.000000463. The summed E-state index contributed by atoms with van der Waals surface area (Å²) >= 11 is 0. The van der Waals surface area contributed by atoms with Gasteiger partial charge in [-0.05, 0) is 149 Å². The molecule has 0 bridgehead atoms. The molecule has 5 fully saturated rings. The van der Waals surface area contributed by atoms with Crippen LogP contribution < -0.4 is 0 Å². The van der Waals surface area contributed by atoms with Crippen LogP contribution in [0.4, 0.5) is 0 Å². The lowest BCUT2D eigenvalue weighted by Gasteiger charge is -2.45. The molecule has 430 valence electrons. The average Bonchev–Trinajstić information content (AvgIpc) is 3.26. The summed E-state index contributed by atoms with van der Waals surface area (Å²) in [4.78, 5) is 22.9. The van der Waals surface area contributed by atoms with Crippen molar-refractivity contribution < 1.29 is 34.4 Å². The highest BCUT2D eigenvalue weighted by Crippen LogP contribution is 2.43. The number of Topliss-reactive ketones (excluding diaryl/α,β-unsaturated/α-hetero) is 2. The van der Waals surface area contributed by atoms with Crippen LogP contribution in [-0.2, 0) is 19.1 Å². The highest BCUT2D eigenvalue weighted by molar-refractivity contribution is 5.82. The van der Waals surface area contributed by atoms with E-state index in [1.165, 1.54) is 0 Å². The van der Waals surface area contributed by atoms with E-state index in [2.05, 4.69) is 192 Å². The Morgan fingerprint density at radius 3 is 1.28 bits per heavy atom. The van der Waals surface area contributed by atoms with Crippen LogP contribution in [0.1, 0.15) is 250 Å². The van der Waals surface area contributed by atoms with Gasteiger partial charge >= 0.3 is 0 Å². The summed E-state index contributed by atoms with van der Waals surface area (Å²) in [5.74, 6) is 3.52. The van der Waals surface area contributed by atoms with Crippen molar-refractivity contribution in [2.75, 3.05) is 0 Å². The first-order valence-electron chi connectivity index (χ1n) is 29.3. The molecule has 0 aromatic carbocycles. The summed E-state index contributed by atoms with van der Waals surface area (Å²) in [6.45, 7) is 51.6. The van der Waals surface area contributed by atoms with Crippen molar-refractivity contribution in [2.45, 2.75) is 285 Å². The fourth-order valence-corrected chi connectivity index (χ4v) is 10.3. The second-order valence-corrected chi connectivity index (χ2v) is 29.9. The highest BCUT2D eigenvalue weighted by Gasteiger charge is 2.43. The summed E-state index contributed by atoms with van der Waals surface area (Å²) in [6.07, 6.45) is 33.8. The van der Waals surface area contributed by atoms with Gasteiger partial charge in [0, 0.05) is 30.1 Å². The van der Waals surface area contributed by atoms with Gasteiger partial charge in [0.25, 0.3) is 0 Å². The molecular formula is C67H120O7. The van der Waals surface area contributed by atoms with E-state index >= 15 is 0 Å². The first kappa shape index (κ1) is 69.9. The van der Waals surface area contributed by atoms with Gasteiger partial charge in [-0.3, -0.25) is 9.59 Å². The third-order valence-corrected chi connectivity index (χ3v) is 16.0. The van der Waals surface area contributed by atoms with Gasteiger partial charge in [-0.1, -0.05) is 199 Å². The highest BCUT2D eigenvalue weighted by atomic mass is 16.6. The Hall–Kier alpha value is -2.16. The molecule has 3 aliphatic carbocycles. The fourth-order valence-electron chi connectivity index (χ4n) is 10.3. The number of hydrogen-bond acceptors (Lipinski definition) is 7. The molecule has 11 atom stereocenters. The van der Waals surface area contributed by atoms with E-state index in [4.69, 9.17) is 9.47 Å². The molecule has 2 aliphatic heterocycles. The van der Waals surface area contributed by atoms with E-state index in [-0.39, 0.29) is 62.3 Å². The minimum Gasteiger partial charge on any atom is -0.393 e. The number of carbonyl (C=O) groups is 2. The van der Waals surface area contributed by atoms with Gasteiger partial charge < -0.3 is 24.8 Å². The van der Waals surface area contributed by atoms with E-state index < -0.39 is 11.9 Å². The van der Waals surface area contributed by atoms with Crippen LogP contribution in [-0.4, -0.2) is 62.2 Å². The number of rotatable bonds is 8. The van der Waals surface area contributed by atoms with Crippen molar-refractivity contribution in [3.8, 4) is 0 Å². The second kappa shape index (κ2) is 28.6. The van der Waals surface area contributed by atoms with Gasteiger partial charge in [0.1, 0.15) is 11.6 Å². The molecule has 2 heterocycles. The molecule has 0 aromatic rings. The SMILES string of the molecule is CC(C)/C=C/C1(C)CCC(C)(C)C(O)O1.CC(C)/C=C/C1(C)CCC(O)C(C)(C)O1.CC(C)/C=C/[C@]1(C)CC[C@@H](O)[C@@H](C)C1.C[C@H]1C[C@@](C)(/C=C/C(C)(C)C)CCC1=O.C[C@H]1C[C@](C)(/C=C/C(C)(C)C)CCC1=O. The predicted octanol–water partition coefficient (Wildman–Crippen LogP) is 17.4. The van der Waals surface area contributed by atoms with E-state index in [0.717, 1.165) is 83.5 Å². The number of ether oxygens (including phenoxy) is 2. The van der Waals surface area contributed by atoms with E-state index in [1.807, 2.05) is 34.6 Å². The smallest absolute Gasteiger partial charge is 0.160 e. The van der Waals surface area contributed by atoms with E-state index in [0.29, 0.717) is 40.7 Å². The van der Waals surface area contributed by atoms with Crippen LogP contribution in [0.15, 0.2) is 60.8 Å². The Bertz CT molecular complexity index is 1790. The van der Waals surface area contributed by atoms with Crippen LogP contribution in [0.2, 0.25) is 0 Å². The fraction of sp³-hybridized carbons (Fsp3) is 0.821. The summed E-state index contributed by atoms with van der Waals surface area (Å²) in [5.41, 5.74) is 0.219. The van der Waals surface area contributed by atoms with Gasteiger partial charge in [-0.2, -0.15) is 0 Å². The first-order chi connectivity index (χ1) is 33.4. The third-order valence-electron chi connectivity index (χ3n) is 16.0. The first-order valence-corrected chi connectivity index (χ1v) is 29.3. The predicted molar refractivity (Wildman–Crippen MR) is 316 cm³/mol. The molecule has 7 heteroatoms. The zero-order valence-electron chi connectivity index (χ0n) is 52.6. The normalized spacial score (nSPS) is 35.9. The molecule has 0 spiro atoms. The van der Waals surface area contributed by atoms with Gasteiger partial charge in [-0.15, -0.1) is 0 Å². The van der Waals surface area contributed by atoms with E-state index in [9.17, 15) is 24.9 Å². The number of aliphatic hydroxyl groups excluding tert-OH is 3. The third kappa shape index (κ3) is 26.9. The van der Waals surface area contributed by atoms with Gasteiger partial charge in [-0.25, -0.2) is 0 Å². The summed E-state index contributed by atoms with van der Waals surface area (Å²) in [5, 5.41) is 29.3. The molecule has 74 heavy (non-hydrogen) atoms. The Morgan fingerprint density at radius 2 is 0.919 bits per heavy atom. The van der Waals surface area contributed by atoms with Crippen LogP contribution in [0, 0.1) is 68.0 Å². The zero-order valence-corrected chi connectivity index (χ0v) is 52.6. The molecule has 5 aliphatic rings. The standard InChI is InChI=1S/2C14H24O.2C13H24O2.C13H24O/c2*1-11-10-14(5,7-6-12(11)15)9-8-13(2,3)4;1-10(2)6-8-13(5)9-7-11(14)12(3,4)15-13;1-10(2)6-7-13(5)9-8-12(3,4)11(14)15-13;1-10(2)5-7-13(4)8-6-12(14)11(3)9-13/h2*8-9,11H,6-7,10H2,1-5H3;6,8,10-11,14H,7,9H2,1-5H3;6-7,10-11,14H,8-9H2,1-5H3;5,7,10-12,14H,6,8-9H2,1-4H3/b2*9-8+;8-6+;7-6+;7-5+/t11-,14+;11-,14-;;;11-,12+,13+/m00..0/s1. The van der Waals surface area contributed by atoms with Crippen molar-refractivity contribution in [2.24, 2.45) is 68.0 Å². The van der Waals surface area contributed by atoms with Crippen LogP contribution in [0.25, 0.3) is 0 Å². The Morgan fingerprint density at radius 1 is 0.514 bits per heavy atom. The number of carbonyl (C=O) groups excluding carboxylic acids is 2. The van der Waals surface area contributed by atoms with Crippen molar-refractivity contribution in [3.63, 3.8) is 0 Å². The Kier molecular flexibility index (Phi) is 27.0. The van der Waals surface area contributed by atoms with Crippen LogP contribution in [0.3, 0.4) is 0 Å². The van der Waals surface area contributed by atoms with Crippen molar-refractivity contribution in [1.82, 2.24) is 0 Å². The monoisotopic (exact) mass is 1040 g/mol. The zero-order chi connectivity index (χ0) is 57.5. The number of hydrogen-bond donors (Lipinski definition) is 3. The van der Waals surface area contributed by atoms with Crippen LogP contribution >= 0.6 is 0 Å². The van der Waals surface area contributed by atoms with E-state index in [1.54, 1.807) is 0 Å². The molecule has 0 aromatic heterocycles. The quantitative estimate of drug-likeness (QED) is 0.208. The number of aliphatic hydroxyl groups is 3. The maximum atomic E-state index is 11.5. The number of ketones is 2. The molecule has 5 rings (SSSR count). The lowest BCUT2D eigenvalue weighted by molar-refractivity contribution is -0.243. The molecule has 3 saturated carbocycles. The van der Waals surface area contributed by atoms with Crippen molar-refractivity contribution in [3.05, 3.63) is 60.8 Å². The lowest BCUT2D eigenvalue weighted by atomic mass is 9.70. The van der Waals surface area contributed by atoms with Gasteiger partial charge in [0.2, 0.25) is 0 Å². The molecule has 0 radical (unpaired) electrons. The molecule has 4 unspecified atom stereocenters. The van der Waals surface area contributed by atoms with Crippen LogP contribution in [0.5, 0.6) is 0 Å². The van der Waals surface area contributed by atoms with Gasteiger partial charge in [0.05, 0.1) is 29.0 Å². The Labute approximate surface area is 457 Å². The maximum absolute atomic E-state index is 11.5. The number of allylic oxidation sites excluding steroid dienone is 8. The summed E-state index contributed by atoms with van der Waals surface area (Å²) in [6, 6.07) is 0. The molecular weight excluding hydrogens is 917 g/mol. The maximum Gasteiger partial charge on any atom is 0.160 e. The largest absolute Gasteiger partial charge is 0.393 e. The topological polar surface area (TPSA) is 113 Å². The second-order valence-electron chi connectivity index (χ2n) is 29.9. The molecule has 2 saturated heterocycles. The lowest BCUT2D eigenvalue weighted by Crippen LogP contribution is -2.51. The molecule has 0 amide bonds. The molecule has 7 nitrogen and oxygen atoms in total. The van der Waals surface area contributed by atoms with Crippen molar-refractivity contribution in [1.29, 1.82) is 0 Å². The minimum absolute atomic E-state index is 0.0736. The summed E-state index contributed by atoms with van der Waals surface area (Å²) < 4.78 is 11.7. The van der Waals surface area contributed by atoms with Crippen molar-refractivity contribution >= 4 is 11.6 Å². The minimum atomic E-state index is -0.659.